The Hall–Kier alpha value is -2.31. The highest BCUT2D eigenvalue weighted by molar-refractivity contribution is 9.10. The van der Waals surface area contributed by atoms with Crippen molar-refractivity contribution >= 4 is 15.9 Å². The van der Waals surface area contributed by atoms with Crippen molar-refractivity contribution in [3.8, 4) is 34.2 Å². The zero-order valence-electron chi connectivity index (χ0n) is 15.7. The first kappa shape index (κ1) is 19.5. The van der Waals surface area contributed by atoms with Gasteiger partial charge in [-0.15, -0.1) is 0 Å². The Morgan fingerprint density at radius 1 is 1.11 bits per heavy atom. The van der Waals surface area contributed by atoms with E-state index in [9.17, 15) is 5.11 Å². The molecule has 5 nitrogen and oxygen atoms in total. The number of hydrogen-bond donors (Lipinski definition) is 0. The summed E-state index contributed by atoms with van der Waals surface area (Å²) in [6, 6.07) is 9.55. The molecule has 3 rings (SSSR count). The highest BCUT2D eigenvalue weighted by Crippen LogP contribution is 2.39. The number of benzene rings is 2. The van der Waals surface area contributed by atoms with Crippen LogP contribution in [0.3, 0.4) is 0 Å². The van der Waals surface area contributed by atoms with Crippen LogP contribution in [-0.4, -0.2) is 19.2 Å². The molecular formula is C21H21BrNO4. The number of ether oxygens (including phenoxy) is 2. The lowest BCUT2D eigenvalue weighted by molar-refractivity contribution is 0.178. The van der Waals surface area contributed by atoms with Gasteiger partial charge in [-0.2, -0.15) is 0 Å². The molecule has 0 amide bonds. The van der Waals surface area contributed by atoms with E-state index in [-0.39, 0.29) is 6.61 Å². The number of halogens is 1. The minimum absolute atomic E-state index is 0.326. The van der Waals surface area contributed by atoms with E-state index >= 15 is 0 Å². The van der Waals surface area contributed by atoms with Gasteiger partial charge in [0.2, 0.25) is 5.89 Å². The monoisotopic (exact) mass is 430 g/mol. The van der Waals surface area contributed by atoms with Gasteiger partial charge in [-0.3, -0.25) is 0 Å². The van der Waals surface area contributed by atoms with Gasteiger partial charge in [-0.1, -0.05) is 26.0 Å². The maximum Gasteiger partial charge on any atom is 0.226 e. The summed E-state index contributed by atoms with van der Waals surface area (Å²) < 4.78 is 17.2. The molecule has 0 fully saturated rings. The summed E-state index contributed by atoms with van der Waals surface area (Å²) in [4.78, 5) is 4.58. The lowest BCUT2D eigenvalue weighted by atomic mass is 9.97. The van der Waals surface area contributed by atoms with Gasteiger partial charge in [0.15, 0.2) is 0 Å². The van der Waals surface area contributed by atoms with E-state index in [0.717, 1.165) is 21.2 Å². The van der Waals surface area contributed by atoms with Crippen molar-refractivity contribution in [3.63, 3.8) is 0 Å². The molecule has 0 bridgehead atoms. The fourth-order valence-corrected chi connectivity index (χ4v) is 3.40. The van der Waals surface area contributed by atoms with Crippen LogP contribution in [0, 0.1) is 0 Å². The van der Waals surface area contributed by atoms with E-state index in [4.69, 9.17) is 13.9 Å². The van der Waals surface area contributed by atoms with Crippen molar-refractivity contribution < 1.29 is 19.0 Å². The standard InChI is InChI=1S/C21H21BrNO4/c1-12(2)13-5-6-16(15(7-13)10-24)21-23-17(11-27-21)14-8-18(25-3)20(22)19(9-14)26-4/h5-9,11-12H,10H2,1-4H3. The van der Waals surface area contributed by atoms with E-state index in [0.29, 0.717) is 34.6 Å². The summed E-state index contributed by atoms with van der Waals surface area (Å²) in [5.41, 5.74) is 3.96. The summed E-state index contributed by atoms with van der Waals surface area (Å²) in [5, 5.41) is 11.7. The molecule has 0 saturated carbocycles. The largest absolute Gasteiger partial charge is 0.495 e. The van der Waals surface area contributed by atoms with Gasteiger partial charge in [-0.05, 0) is 51.2 Å². The van der Waals surface area contributed by atoms with Gasteiger partial charge in [0.1, 0.15) is 34.5 Å². The third kappa shape index (κ3) is 3.87. The van der Waals surface area contributed by atoms with Crippen molar-refractivity contribution in [1.82, 2.24) is 4.98 Å². The maximum atomic E-state index is 11.7. The predicted molar refractivity (Wildman–Crippen MR) is 107 cm³/mol. The van der Waals surface area contributed by atoms with Crippen molar-refractivity contribution in [2.45, 2.75) is 26.4 Å². The van der Waals surface area contributed by atoms with E-state index < -0.39 is 0 Å². The molecule has 0 N–H and O–H groups in total. The second-order valence-corrected chi connectivity index (χ2v) is 7.24. The Morgan fingerprint density at radius 2 is 1.78 bits per heavy atom. The molecule has 141 valence electrons. The number of methoxy groups -OCH3 is 2. The molecule has 0 atom stereocenters. The van der Waals surface area contributed by atoms with E-state index in [1.165, 1.54) is 0 Å². The van der Waals surface area contributed by atoms with Gasteiger partial charge in [-0.25, -0.2) is 10.1 Å². The van der Waals surface area contributed by atoms with Crippen LogP contribution in [0.15, 0.2) is 45.5 Å². The highest BCUT2D eigenvalue weighted by Gasteiger charge is 2.17. The summed E-state index contributed by atoms with van der Waals surface area (Å²) in [7, 11) is 3.18. The molecular weight excluding hydrogens is 410 g/mol. The molecule has 1 radical (unpaired) electrons. The first-order valence-electron chi connectivity index (χ1n) is 8.57. The van der Waals surface area contributed by atoms with Crippen LogP contribution < -0.4 is 9.47 Å². The number of aromatic nitrogens is 1. The van der Waals surface area contributed by atoms with Crippen LogP contribution in [-0.2, 0) is 11.7 Å². The molecule has 0 aliphatic heterocycles. The molecule has 0 unspecified atom stereocenters. The van der Waals surface area contributed by atoms with Gasteiger partial charge >= 0.3 is 0 Å². The molecule has 1 heterocycles. The second kappa shape index (κ2) is 8.15. The lowest BCUT2D eigenvalue weighted by Crippen LogP contribution is -1.94. The molecule has 0 saturated heterocycles. The maximum absolute atomic E-state index is 11.7. The summed E-state index contributed by atoms with van der Waals surface area (Å²) in [6.07, 6.45) is 1.57. The molecule has 0 aliphatic carbocycles. The fourth-order valence-electron chi connectivity index (χ4n) is 2.85. The molecule has 0 spiro atoms. The third-order valence-corrected chi connectivity index (χ3v) is 5.21. The van der Waals surface area contributed by atoms with Crippen molar-refractivity contribution in [1.29, 1.82) is 0 Å². The molecule has 6 heteroatoms. The Kier molecular flexibility index (Phi) is 5.87. The zero-order valence-corrected chi connectivity index (χ0v) is 17.3. The lowest BCUT2D eigenvalue weighted by Gasteiger charge is -2.10. The minimum atomic E-state index is -0.326. The quantitative estimate of drug-likeness (QED) is 0.492. The summed E-state index contributed by atoms with van der Waals surface area (Å²) >= 11 is 3.46. The molecule has 3 aromatic rings. The Balaban J connectivity index is 2.03. The van der Waals surface area contributed by atoms with Gasteiger partial charge < -0.3 is 13.9 Å². The first-order chi connectivity index (χ1) is 13.0. The van der Waals surface area contributed by atoms with Crippen molar-refractivity contribution in [3.05, 3.63) is 52.2 Å². The first-order valence-corrected chi connectivity index (χ1v) is 9.36. The summed E-state index contributed by atoms with van der Waals surface area (Å²) in [6.45, 7) is 3.87. The highest BCUT2D eigenvalue weighted by atomic mass is 79.9. The average Bonchev–Trinajstić information content (AvgIpc) is 3.17. The minimum Gasteiger partial charge on any atom is -0.495 e. The van der Waals surface area contributed by atoms with Gasteiger partial charge in [0, 0.05) is 11.1 Å². The van der Waals surface area contributed by atoms with Crippen LogP contribution in [0.2, 0.25) is 0 Å². The van der Waals surface area contributed by atoms with Gasteiger partial charge in [0.25, 0.3) is 0 Å². The molecule has 1 aromatic heterocycles. The summed E-state index contributed by atoms with van der Waals surface area (Å²) in [5.74, 6) is 2.05. The van der Waals surface area contributed by atoms with E-state index in [2.05, 4.69) is 34.8 Å². The zero-order chi connectivity index (χ0) is 19.6. The molecule has 27 heavy (non-hydrogen) atoms. The Labute approximate surface area is 167 Å². The number of oxazole rings is 1. The van der Waals surface area contributed by atoms with Crippen LogP contribution in [0.25, 0.3) is 22.7 Å². The van der Waals surface area contributed by atoms with Crippen molar-refractivity contribution in [2.24, 2.45) is 0 Å². The predicted octanol–water partition coefficient (Wildman–Crippen LogP) is 5.84. The fraction of sp³-hybridized carbons (Fsp3) is 0.286. The topological polar surface area (TPSA) is 64.4 Å². The van der Waals surface area contributed by atoms with Crippen molar-refractivity contribution in [2.75, 3.05) is 14.2 Å². The number of hydrogen-bond acceptors (Lipinski definition) is 4. The van der Waals surface area contributed by atoms with E-state index in [1.807, 2.05) is 30.3 Å². The average molecular weight is 431 g/mol. The molecule has 0 aliphatic rings. The normalized spacial score (nSPS) is 11.1. The number of rotatable bonds is 6. The number of nitrogens with zero attached hydrogens (tertiary/aromatic N) is 1. The third-order valence-electron chi connectivity index (χ3n) is 4.43. The van der Waals surface area contributed by atoms with Gasteiger partial charge in [0.05, 0.1) is 14.2 Å². The van der Waals surface area contributed by atoms with E-state index in [1.54, 1.807) is 20.5 Å². The Morgan fingerprint density at radius 3 is 2.33 bits per heavy atom. The molecule has 2 aromatic carbocycles. The van der Waals surface area contributed by atoms with Crippen LogP contribution in [0.1, 0.15) is 30.9 Å². The Bertz CT molecular complexity index is 924. The van der Waals surface area contributed by atoms with Crippen LogP contribution in [0.4, 0.5) is 0 Å². The van der Waals surface area contributed by atoms with Crippen LogP contribution >= 0.6 is 15.9 Å². The second-order valence-electron chi connectivity index (χ2n) is 6.45. The SMILES string of the molecule is COc1cc(-c2coc(-c3ccc(C(C)C)cc3C[O])n2)cc(OC)c1Br. The van der Waals surface area contributed by atoms with Crippen LogP contribution in [0.5, 0.6) is 11.5 Å². The smallest absolute Gasteiger partial charge is 0.226 e.